The molecule has 0 aromatic carbocycles. The Morgan fingerprint density at radius 3 is 2.71 bits per heavy atom. The Kier molecular flexibility index (Phi) is 6.28. The van der Waals surface area contributed by atoms with E-state index in [0.29, 0.717) is 6.04 Å². The maximum absolute atomic E-state index is 12.0. The number of hydrogen-bond acceptors (Lipinski definition) is 2. The average molecular weight is 261 g/mol. The molecule has 0 spiro atoms. The fourth-order valence-corrected chi connectivity index (χ4v) is 2.96. The quantitative estimate of drug-likeness (QED) is 0.799. The molecule has 1 heterocycles. The molecule has 2 N–H and O–H groups in total. The summed E-state index contributed by atoms with van der Waals surface area (Å²) in [4.78, 5) is 12.0. The van der Waals surface area contributed by atoms with Gasteiger partial charge in [0.25, 0.3) is 0 Å². The van der Waals surface area contributed by atoms with E-state index < -0.39 is 0 Å². The molecule has 100 valence electrons. The number of amides is 1. The van der Waals surface area contributed by atoms with Gasteiger partial charge in [0.15, 0.2) is 0 Å². The van der Waals surface area contributed by atoms with Crippen LogP contribution in [0.15, 0.2) is 0 Å². The van der Waals surface area contributed by atoms with Crippen molar-refractivity contribution < 1.29 is 4.79 Å². The van der Waals surface area contributed by atoms with Crippen LogP contribution in [-0.4, -0.2) is 25.0 Å². The van der Waals surface area contributed by atoms with E-state index in [2.05, 4.69) is 17.6 Å². The zero-order chi connectivity index (χ0) is 11.4. The molecule has 3 atom stereocenters. The van der Waals surface area contributed by atoms with Crippen molar-refractivity contribution >= 4 is 18.3 Å². The van der Waals surface area contributed by atoms with Gasteiger partial charge in [-0.15, -0.1) is 12.4 Å². The molecule has 3 unspecified atom stereocenters. The van der Waals surface area contributed by atoms with Crippen LogP contribution in [0.25, 0.3) is 0 Å². The summed E-state index contributed by atoms with van der Waals surface area (Å²) in [7, 11) is 0. The molecule has 0 aromatic heterocycles. The molecule has 1 saturated heterocycles. The van der Waals surface area contributed by atoms with Crippen molar-refractivity contribution in [3.63, 3.8) is 0 Å². The number of nitrogens with one attached hydrogen (secondary N) is 2. The minimum atomic E-state index is 0. The van der Waals surface area contributed by atoms with E-state index in [-0.39, 0.29) is 24.2 Å². The Balaban J connectivity index is 0.00000144. The third kappa shape index (κ3) is 4.47. The number of halogens is 1. The number of hydrogen-bond donors (Lipinski definition) is 2. The molecular weight excluding hydrogens is 236 g/mol. The highest BCUT2D eigenvalue weighted by Crippen LogP contribution is 2.24. The van der Waals surface area contributed by atoms with Gasteiger partial charge in [-0.3, -0.25) is 4.79 Å². The summed E-state index contributed by atoms with van der Waals surface area (Å²) in [5.41, 5.74) is 0. The monoisotopic (exact) mass is 260 g/mol. The summed E-state index contributed by atoms with van der Waals surface area (Å²) < 4.78 is 0. The molecule has 3 nitrogen and oxygen atoms in total. The van der Waals surface area contributed by atoms with Gasteiger partial charge in [-0.2, -0.15) is 0 Å². The van der Waals surface area contributed by atoms with Crippen molar-refractivity contribution in [1.82, 2.24) is 10.6 Å². The van der Waals surface area contributed by atoms with Crippen LogP contribution in [0.5, 0.6) is 0 Å². The molecular formula is C13H25ClN2O. The molecule has 1 amide bonds. The normalized spacial score (nSPS) is 33.6. The van der Waals surface area contributed by atoms with Crippen LogP contribution >= 0.6 is 12.4 Å². The standard InChI is InChI=1S/C13H24N2O.ClH/c1-10-4-2-6-12(8-10)15-13(16)11-5-3-7-14-9-11;/h10-12,14H,2-9H2,1H3,(H,15,16);1H. The van der Waals surface area contributed by atoms with E-state index >= 15 is 0 Å². The topological polar surface area (TPSA) is 41.1 Å². The second-order valence-electron chi connectivity index (χ2n) is 5.52. The van der Waals surface area contributed by atoms with Gasteiger partial charge in [-0.05, 0) is 38.1 Å². The lowest BCUT2D eigenvalue weighted by molar-refractivity contribution is -0.126. The molecule has 1 aliphatic heterocycles. The van der Waals surface area contributed by atoms with Crippen LogP contribution in [-0.2, 0) is 4.79 Å². The molecule has 1 saturated carbocycles. The number of carbonyl (C=O) groups excluding carboxylic acids is 1. The van der Waals surface area contributed by atoms with Crippen molar-refractivity contribution in [1.29, 1.82) is 0 Å². The zero-order valence-electron chi connectivity index (χ0n) is 10.7. The number of piperidine rings is 1. The SMILES string of the molecule is CC1CCCC(NC(=O)C2CCCNC2)C1.Cl. The summed E-state index contributed by atoms with van der Waals surface area (Å²) in [5.74, 6) is 1.28. The van der Waals surface area contributed by atoms with Gasteiger partial charge in [-0.1, -0.05) is 19.8 Å². The van der Waals surface area contributed by atoms with Crippen LogP contribution < -0.4 is 10.6 Å². The van der Waals surface area contributed by atoms with Crippen molar-refractivity contribution in [3.05, 3.63) is 0 Å². The molecule has 0 aromatic rings. The lowest BCUT2D eigenvalue weighted by atomic mass is 9.86. The van der Waals surface area contributed by atoms with Crippen LogP contribution in [0.1, 0.15) is 45.4 Å². The van der Waals surface area contributed by atoms with Crippen molar-refractivity contribution in [2.45, 2.75) is 51.5 Å². The largest absolute Gasteiger partial charge is 0.353 e. The molecule has 1 aliphatic carbocycles. The molecule has 0 bridgehead atoms. The first-order valence-corrected chi connectivity index (χ1v) is 6.77. The van der Waals surface area contributed by atoms with E-state index in [1.54, 1.807) is 0 Å². The summed E-state index contributed by atoms with van der Waals surface area (Å²) >= 11 is 0. The smallest absolute Gasteiger partial charge is 0.224 e. The maximum Gasteiger partial charge on any atom is 0.224 e. The molecule has 2 fully saturated rings. The highest BCUT2D eigenvalue weighted by molar-refractivity contribution is 5.85. The first-order valence-electron chi connectivity index (χ1n) is 6.77. The second-order valence-corrected chi connectivity index (χ2v) is 5.52. The Morgan fingerprint density at radius 1 is 1.24 bits per heavy atom. The molecule has 0 radical (unpaired) electrons. The first kappa shape index (κ1) is 14.8. The number of carbonyl (C=O) groups is 1. The fraction of sp³-hybridized carbons (Fsp3) is 0.923. The van der Waals surface area contributed by atoms with Gasteiger partial charge >= 0.3 is 0 Å². The van der Waals surface area contributed by atoms with E-state index in [1.165, 1.54) is 25.7 Å². The maximum atomic E-state index is 12.0. The Morgan fingerprint density at radius 2 is 2.06 bits per heavy atom. The lowest BCUT2D eigenvalue weighted by Crippen LogP contribution is -2.45. The van der Waals surface area contributed by atoms with Crippen LogP contribution in [0.3, 0.4) is 0 Å². The van der Waals surface area contributed by atoms with E-state index in [9.17, 15) is 4.79 Å². The van der Waals surface area contributed by atoms with Gasteiger partial charge in [0.05, 0.1) is 5.92 Å². The van der Waals surface area contributed by atoms with Crippen molar-refractivity contribution in [2.24, 2.45) is 11.8 Å². The minimum Gasteiger partial charge on any atom is -0.353 e. The van der Waals surface area contributed by atoms with E-state index in [1.807, 2.05) is 0 Å². The van der Waals surface area contributed by atoms with Crippen molar-refractivity contribution in [3.8, 4) is 0 Å². The molecule has 2 rings (SSSR count). The lowest BCUT2D eigenvalue weighted by Gasteiger charge is -2.30. The molecule has 4 heteroatoms. The average Bonchev–Trinajstić information content (AvgIpc) is 2.30. The van der Waals surface area contributed by atoms with Crippen molar-refractivity contribution in [2.75, 3.05) is 13.1 Å². The van der Waals surface area contributed by atoms with E-state index in [4.69, 9.17) is 0 Å². The summed E-state index contributed by atoms with van der Waals surface area (Å²) in [6.45, 7) is 4.23. The molecule has 2 aliphatic rings. The first-order chi connectivity index (χ1) is 7.75. The minimum absolute atomic E-state index is 0. The van der Waals surface area contributed by atoms with Gasteiger partial charge in [0.2, 0.25) is 5.91 Å². The van der Waals surface area contributed by atoms with Crippen LogP contribution in [0.4, 0.5) is 0 Å². The zero-order valence-corrected chi connectivity index (χ0v) is 11.5. The third-order valence-corrected chi connectivity index (χ3v) is 3.95. The Labute approximate surface area is 111 Å². The van der Waals surface area contributed by atoms with Gasteiger partial charge in [-0.25, -0.2) is 0 Å². The summed E-state index contributed by atoms with van der Waals surface area (Å²) in [6, 6.07) is 0.443. The highest BCUT2D eigenvalue weighted by Gasteiger charge is 2.25. The van der Waals surface area contributed by atoms with Gasteiger partial charge in [0.1, 0.15) is 0 Å². The summed E-state index contributed by atoms with van der Waals surface area (Å²) in [6.07, 6.45) is 7.15. The number of rotatable bonds is 2. The Bertz CT molecular complexity index is 242. The Hall–Kier alpha value is -0.280. The van der Waals surface area contributed by atoms with Gasteiger partial charge in [0, 0.05) is 12.6 Å². The van der Waals surface area contributed by atoms with Crippen LogP contribution in [0, 0.1) is 11.8 Å². The molecule has 17 heavy (non-hydrogen) atoms. The second kappa shape index (κ2) is 7.22. The van der Waals surface area contributed by atoms with Gasteiger partial charge < -0.3 is 10.6 Å². The predicted octanol–water partition coefficient (Wildman–Crippen LogP) is 2.10. The highest BCUT2D eigenvalue weighted by atomic mass is 35.5. The van der Waals surface area contributed by atoms with Crippen LogP contribution in [0.2, 0.25) is 0 Å². The van der Waals surface area contributed by atoms with E-state index in [0.717, 1.165) is 31.8 Å². The fourth-order valence-electron chi connectivity index (χ4n) is 2.96. The summed E-state index contributed by atoms with van der Waals surface area (Å²) in [5, 5.41) is 6.54. The predicted molar refractivity (Wildman–Crippen MR) is 72.4 cm³/mol. The third-order valence-electron chi connectivity index (χ3n) is 3.95.